The van der Waals surface area contributed by atoms with E-state index in [0.29, 0.717) is 41.5 Å². The van der Waals surface area contributed by atoms with Crippen LogP contribution < -0.4 is 5.32 Å². The lowest BCUT2D eigenvalue weighted by atomic mass is 9.97. The maximum atomic E-state index is 12.6. The van der Waals surface area contributed by atoms with Gasteiger partial charge in [0.1, 0.15) is 0 Å². The van der Waals surface area contributed by atoms with Crippen LogP contribution in [0.5, 0.6) is 0 Å². The molecule has 1 fully saturated rings. The van der Waals surface area contributed by atoms with E-state index in [1.165, 1.54) is 4.31 Å². The lowest BCUT2D eigenvalue weighted by molar-refractivity contribution is -0.126. The van der Waals surface area contributed by atoms with Gasteiger partial charge in [-0.1, -0.05) is 36.2 Å². The van der Waals surface area contributed by atoms with Crippen LogP contribution in [0.15, 0.2) is 18.2 Å². The largest absolute Gasteiger partial charge is 0.353 e. The Bertz CT molecular complexity index is 717. The van der Waals surface area contributed by atoms with Gasteiger partial charge >= 0.3 is 0 Å². The first kappa shape index (κ1) is 20.5. The Balaban J connectivity index is 1.95. The first-order chi connectivity index (χ1) is 11.7. The zero-order valence-corrected chi connectivity index (χ0v) is 16.8. The number of piperidine rings is 1. The fraction of sp³-hybridized carbons (Fsp3) is 0.588. The molecule has 1 aromatic rings. The summed E-state index contributed by atoms with van der Waals surface area (Å²) >= 11 is 11.9. The van der Waals surface area contributed by atoms with E-state index in [9.17, 15) is 13.2 Å². The van der Waals surface area contributed by atoms with Gasteiger partial charge in [-0.05, 0) is 43.9 Å². The molecule has 1 atom stereocenters. The number of amides is 1. The number of sulfonamides is 1. The minimum Gasteiger partial charge on any atom is -0.353 e. The minimum absolute atomic E-state index is 0.0205. The number of hydrogen-bond acceptors (Lipinski definition) is 3. The molecule has 0 aliphatic carbocycles. The molecule has 1 saturated heterocycles. The highest BCUT2D eigenvalue weighted by Crippen LogP contribution is 2.26. The van der Waals surface area contributed by atoms with E-state index in [2.05, 4.69) is 5.32 Å². The van der Waals surface area contributed by atoms with Crippen LogP contribution in [0.25, 0.3) is 0 Å². The third kappa shape index (κ3) is 5.58. The van der Waals surface area contributed by atoms with Crippen molar-refractivity contribution in [2.75, 3.05) is 13.1 Å². The molecule has 0 aromatic heterocycles. The summed E-state index contributed by atoms with van der Waals surface area (Å²) in [5.74, 6) is -0.265. The summed E-state index contributed by atoms with van der Waals surface area (Å²) < 4.78 is 26.7. The predicted molar refractivity (Wildman–Crippen MR) is 101 cm³/mol. The van der Waals surface area contributed by atoms with E-state index in [-0.39, 0.29) is 23.6 Å². The number of benzene rings is 1. The highest BCUT2D eigenvalue weighted by Gasteiger charge is 2.31. The number of halogens is 2. The van der Waals surface area contributed by atoms with Crippen molar-refractivity contribution in [1.29, 1.82) is 0 Å². The Kier molecular flexibility index (Phi) is 7.14. The highest BCUT2D eigenvalue weighted by atomic mass is 35.5. The van der Waals surface area contributed by atoms with Gasteiger partial charge in [-0.15, -0.1) is 0 Å². The molecule has 8 heteroatoms. The molecule has 2 rings (SSSR count). The normalized spacial score (nSPS) is 18.1. The molecule has 1 N–H and O–H groups in total. The van der Waals surface area contributed by atoms with Crippen LogP contribution in [0.4, 0.5) is 0 Å². The van der Waals surface area contributed by atoms with Crippen molar-refractivity contribution < 1.29 is 13.2 Å². The van der Waals surface area contributed by atoms with E-state index < -0.39 is 10.0 Å². The fourth-order valence-corrected chi connectivity index (χ4v) is 4.93. The van der Waals surface area contributed by atoms with Gasteiger partial charge in [-0.3, -0.25) is 4.79 Å². The van der Waals surface area contributed by atoms with Crippen molar-refractivity contribution >= 4 is 39.1 Å². The van der Waals surface area contributed by atoms with Gasteiger partial charge in [-0.2, -0.15) is 0 Å². The second-order valence-electron chi connectivity index (χ2n) is 6.48. The zero-order chi connectivity index (χ0) is 18.6. The average molecular weight is 407 g/mol. The number of rotatable bonds is 6. The zero-order valence-electron chi connectivity index (χ0n) is 14.5. The fourth-order valence-electron chi connectivity index (χ4n) is 2.79. The van der Waals surface area contributed by atoms with Crippen molar-refractivity contribution in [1.82, 2.24) is 9.62 Å². The molecular formula is C17H24Cl2N2O3S. The maximum Gasteiger partial charge on any atom is 0.223 e. The summed E-state index contributed by atoms with van der Waals surface area (Å²) in [7, 11) is -3.47. The Morgan fingerprint density at radius 2 is 1.96 bits per heavy atom. The number of hydrogen-bond donors (Lipinski definition) is 1. The summed E-state index contributed by atoms with van der Waals surface area (Å²) in [6.07, 6.45) is 1.95. The molecule has 1 amide bonds. The van der Waals surface area contributed by atoms with Crippen molar-refractivity contribution in [2.45, 2.75) is 44.9 Å². The SMILES string of the molecule is CC[C@H](C)NC(=O)C1CCN(S(=O)(=O)Cc2ccc(Cl)cc2Cl)CC1. The van der Waals surface area contributed by atoms with Gasteiger partial charge in [0.15, 0.2) is 0 Å². The molecular weight excluding hydrogens is 383 g/mol. The summed E-state index contributed by atoms with van der Waals surface area (Å²) in [5.41, 5.74) is 0.530. The average Bonchev–Trinajstić information content (AvgIpc) is 2.57. The van der Waals surface area contributed by atoms with Crippen LogP contribution >= 0.6 is 23.2 Å². The van der Waals surface area contributed by atoms with Gasteiger partial charge in [0.25, 0.3) is 0 Å². The van der Waals surface area contributed by atoms with E-state index in [1.807, 2.05) is 13.8 Å². The monoisotopic (exact) mass is 406 g/mol. The third-order valence-corrected chi connectivity index (χ3v) is 6.99. The topological polar surface area (TPSA) is 66.5 Å². The van der Waals surface area contributed by atoms with Gasteiger partial charge in [0, 0.05) is 35.1 Å². The molecule has 0 spiro atoms. The van der Waals surface area contributed by atoms with Crippen LogP contribution in [-0.4, -0.2) is 37.8 Å². The predicted octanol–water partition coefficient (Wildman–Crippen LogP) is 3.45. The minimum atomic E-state index is -3.47. The Morgan fingerprint density at radius 1 is 1.32 bits per heavy atom. The number of carbonyl (C=O) groups excluding carboxylic acids is 1. The molecule has 1 aliphatic heterocycles. The third-order valence-electron chi connectivity index (χ3n) is 4.57. The first-order valence-electron chi connectivity index (χ1n) is 8.45. The molecule has 1 aliphatic rings. The summed E-state index contributed by atoms with van der Waals surface area (Å²) in [6, 6.07) is 4.94. The van der Waals surface area contributed by atoms with Crippen molar-refractivity contribution in [3.63, 3.8) is 0 Å². The maximum absolute atomic E-state index is 12.6. The second-order valence-corrected chi connectivity index (χ2v) is 9.30. The molecule has 0 radical (unpaired) electrons. The molecule has 140 valence electrons. The molecule has 5 nitrogen and oxygen atoms in total. The second kappa shape index (κ2) is 8.71. The van der Waals surface area contributed by atoms with Gasteiger partial charge in [0.2, 0.25) is 15.9 Å². The van der Waals surface area contributed by atoms with Crippen LogP contribution in [-0.2, 0) is 20.6 Å². The highest BCUT2D eigenvalue weighted by molar-refractivity contribution is 7.88. The smallest absolute Gasteiger partial charge is 0.223 e. The Hall–Kier alpha value is -0.820. The van der Waals surface area contributed by atoms with E-state index >= 15 is 0 Å². The van der Waals surface area contributed by atoms with Crippen LogP contribution in [0.3, 0.4) is 0 Å². The van der Waals surface area contributed by atoms with E-state index in [1.54, 1.807) is 18.2 Å². The lowest BCUT2D eigenvalue weighted by Gasteiger charge is -2.31. The summed E-state index contributed by atoms with van der Waals surface area (Å²) in [5, 5.41) is 3.79. The van der Waals surface area contributed by atoms with Gasteiger partial charge in [-0.25, -0.2) is 12.7 Å². The van der Waals surface area contributed by atoms with Gasteiger partial charge in [0.05, 0.1) is 5.75 Å². The quantitative estimate of drug-likeness (QED) is 0.786. The van der Waals surface area contributed by atoms with Crippen LogP contribution in [0, 0.1) is 5.92 Å². The molecule has 1 aromatic carbocycles. The number of nitrogens with one attached hydrogen (secondary N) is 1. The Morgan fingerprint density at radius 3 is 2.52 bits per heavy atom. The van der Waals surface area contributed by atoms with Crippen molar-refractivity contribution in [3.05, 3.63) is 33.8 Å². The molecule has 0 bridgehead atoms. The molecule has 0 unspecified atom stereocenters. The van der Waals surface area contributed by atoms with E-state index in [4.69, 9.17) is 23.2 Å². The molecule has 1 heterocycles. The first-order valence-corrected chi connectivity index (χ1v) is 10.8. The Labute approximate surface area is 159 Å². The van der Waals surface area contributed by atoms with Crippen LogP contribution in [0.2, 0.25) is 10.0 Å². The lowest BCUT2D eigenvalue weighted by Crippen LogP contribution is -2.44. The van der Waals surface area contributed by atoms with Crippen molar-refractivity contribution in [3.8, 4) is 0 Å². The summed E-state index contributed by atoms with van der Waals surface area (Å²) in [6.45, 7) is 4.69. The van der Waals surface area contributed by atoms with Crippen molar-refractivity contribution in [2.24, 2.45) is 5.92 Å². The standard InChI is InChI=1S/C17H24Cl2N2O3S/c1-3-12(2)20-17(22)13-6-8-21(9-7-13)25(23,24)11-14-4-5-15(18)10-16(14)19/h4-5,10,12-13H,3,6-9,11H2,1-2H3,(H,20,22)/t12-/m0/s1. The van der Waals surface area contributed by atoms with Crippen LogP contribution in [0.1, 0.15) is 38.7 Å². The number of nitrogens with zero attached hydrogens (tertiary/aromatic N) is 1. The van der Waals surface area contributed by atoms with Gasteiger partial charge < -0.3 is 5.32 Å². The summed E-state index contributed by atoms with van der Waals surface area (Å²) in [4.78, 5) is 12.2. The number of carbonyl (C=O) groups is 1. The molecule has 25 heavy (non-hydrogen) atoms. The molecule has 0 saturated carbocycles. The van der Waals surface area contributed by atoms with E-state index in [0.717, 1.165) is 6.42 Å².